The molecule has 0 fully saturated rings. The Balaban J connectivity index is 1.71. The van der Waals surface area contributed by atoms with Gasteiger partial charge in [-0.15, -0.1) is 0 Å². The van der Waals surface area contributed by atoms with E-state index >= 15 is 0 Å². The third kappa shape index (κ3) is 4.43. The van der Waals surface area contributed by atoms with Crippen molar-refractivity contribution in [2.75, 3.05) is 0 Å². The molecule has 27 heavy (non-hydrogen) atoms. The molecule has 3 rings (SSSR count). The highest BCUT2D eigenvalue weighted by Crippen LogP contribution is 2.19. The van der Waals surface area contributed by atoms with Gasteiger partial charge in [-0.05, 0) is 29.7 Å². The van der Waals surface area contributed by atoms with Crippen LogP contribution in [-0.2, 0) is 0 Å². The molecule has 0 saturated heterocycles. The molecule has 0 aliphatic carbocycles. The highest BCUT2D eigenvalue weighted by molar-refractivity contribution is 6.01. The number of benzene rings is 3. The van der Waals surface area contributed by atoms with Crippen LogP contribution in [0.4, 0.5) is 5.69 Å². The second-order valence-corrected chi connectivity index (χ2v) is 5.89. The molecule has 6 heteroatoms. The molecule has 6 nitrogen and oxygen atoms in total. The molecule has 0 spiro atoms. The molecule has 3 aromatic rings. The Kier molecular flexibility index (Phi) is 5.37. The average molecular weight is 359 g/mol. The zero-order valence-electron chi connectivity index (χ0n) is 14.6. The fourth-order valence-electron chi connectivity index (χ4n) is 2.56. The van der Waals surface area contributed by atoms with Crippen molar-refractivity contribution < 1.29 is 9.72 Å². The second-order valence-electron chi connectivity index (χ2n) is 5.89. The number of rotatable bonds is 5. The van der Waals surface area contributed by atoms with E-state index in [1.54, 1.807) is 6.92 Å². The van der Waals surface area contributed by atoms with E-state index < -0.39 is 10.8 Å². The summed E-state index contributed by atoms with van der Waals surface area (Å²) < 4.78 is 0. The predicted octanol–water partition coefficient (Wildman–Crippen LogP) is 4.42. The van der Waals surface area contributed by atoms with E-state index in [-0.39, 0.29) is 11.3 Å². The van der Waals surface area contributed by atoms with Gasteiger partial charge >= 0.3 is 0 Å². The van der Waals surface area contributed by atoms with Crippen LogP contribution < -0.4 is 5.43 Å². The largest absolute Gasteiger partial charge is 0.271 e. The fourth-order valence-corrected chi connectivity index (χ4v) is 2.56. The minimum atomic E-state index is -0.542. The average Bonchev–Trinajstić information content (AvgIpc) is 2.72. The Bertz CT molecular complexity index is 997. The van der Waals surface area contributed by atoms with Crippen molar-refractivity contribution in [2.24, 2.45) is 5.10 Å². The van der Waals surface area contributed by atoms with Crippen LogP contribution in [-0.4, -0.2) is 16.5 Å². The smallest absolute Gasteiger partial charge is 0.267 e. The van der Waals surface area contributed by atoms with Crippen LogP contribution in [0.1, 0.15) is 22.8 Å². The molecule has 0 aliphatic rings. The number of nitro groups is 1. The summed E-state index contributed by atoms with van der Waals surface area (Å²) in [4.78, 5) is 22.4. The van der Waals surface area contributed by atoms with Gasteiger partial charge in [-0.3, -0.25) is 14.9 Å². The van der Waals surface area contributed by atoms with Crippen LogP contribution in [0.2, 0.25) is 0 Å². The maximum Gasteiger partial charge on any atom is 0.271 e. The SMILES string of the molecule is C/C(=N\NC(=O)c1cccc([N+](=O)[O-])c1)c1ccc(-c2ccccc2)cc1. The minimum Gasteiger partial charge on any atom is -0.267 e. The van der Waals surface area contributed by atoms with Crippen molar-refractivity contribution >= 4 is 17.3 Å². The molecule has 0 aliphatic heterocycles. The van der Waals surface area contributed by atoms with Gasteiger partial charge in [0.1, 0.15) is 0 Å². The van der Waals surface area contributed by atoms with Gasteiger partial charge in [-0.1, -0.05) is 60.7 Å². The van der Waals surface area contributed by atoms with Crippen LogP contribution in [0.3, 0.4) is 0 Å². The van der Waals surface area contributed by atoms with Gasteiger partial charge in [0.2, 0.25) is 0 Å². The minimum absolute atomic E-state index is 0.139. The first kappa shape index (κ1) is 18.0. The second kappa shape index (κ2) is 8.05. The molecule has 1 amide bonds. The van der Waals surface area contributed by atoms with Crippen LogP contribution in [0, 0.1) is 10.1 Å². The molecule has 0 aromatic heterocycles. The lowest BCUT2D eigenvalue weighted by Gasteiger charge is -2.05. The first-order valence-corrected chi connectivity index (χ1v) is 8.29. The van der Waals surface area contributed by atoms with E-state index in [2.05, 4.69) is 10.5 Å². The van der Waals surface area contributed by atoms with E-state index in [0.29, 0.717) is 5.71 Å². The Morgan fingerprint density at radius 2 is 1.56 bits per heavy atom. The van der Waals surface area contributed by atoms with Crippen molar-refractivity contribution in [1.29, 1.82) is 0 Å². The molecule has 0 saturated carbocycles. The van der Waals surface area contributed by atoms with Crippen LogP contribution in [0.25, 0.3) is 11.1 Å². The van der Waals surface area contributed by atoms with Crippen molar-refractivity contribution in [2.45, 2.75) is 6.92 Å². The Morgan fingerprint density at radius 3 is 2.22 bits per heavy atom. The molecule has 0 radical (unpaired) electrons. The van der Waals surface area contributed by atoms with Crippen LogP contribution in [0.15, 0.2) is 84.0 Å². The molecule has 0 atom stereocenters. The molecular weight excluding hydrogens is 342 g/mol. The van der Waals surface area contributed by atoms with E-state index in [9.17, 15) is 14.9 Å². The standard InChI is InChI=1S/C21H17N3O3/c1-15(16-10-12-18(13-11-16)17-6-3-2-4-7-17)22-23-21(25)19-8-5-9-20(14-19)24(26)27/h2-14H,1H3,(H,23,25)/b22-15+. The number of nitro benzene ring substituents is 1. The first-order chi connectivity index (χ1) is 13.0. The van der Waals surface area contributed by atoms with Crippen LogP contribution >= 0.6 is 0 Å². The van der Waals surface area contributed by atoms with E-state index in [1.165, 1.54) is 24.3 Å². The highest BCUT2D eigenvalue weighted by Gasteiger charge is 2.11. The summed E-state index contributed by atoms with van der Waals surface area (Å²) in [5, 5.41) is 14.9. The van der Waals surface area contributed by atoms with Gasteiger partial charge in [0.25, 0.3) is 11.6 Å². The summed E-state index contributed by atoms with van der Waals surface area (Å²) >= 11 is 0. The summed E-state index contributed by atoms with van der Waals surface area (Å²) in [7, 11) is 0. The fraction of sp³-hybridized carbons (Fsp3) is 0.0476. The third-order valence-electron chi connectivity index (χ3n) is 4.05. The number of hydrogen-bond acceptors (Lipinski definition) is 4. The van der Waals surface area contributed by atoms with Crippen LogP contribution in [0.5, 0.6) is 0 Å². The van der Waals surface area contributed by atoms with Crippen molar-refractivity contribution in [3.05, 3.63) is 100 Å². The molecule has 0 heterocycles. The number of hydrogen-bond donors (Lipinski definition) is 1. The van der Waals surface area contributed by atoms with Gasteiger partial charge in [-0.2, -0.15) is 5.10 Å². The van der Waals surface area contributed by atoms with Gasteiger partial charge in [0.15, 0.2) is 0 Å². The number of nitrogens with one attached hydrogen (secondary N) is 1. The zero-order chi connectivity index (χ0) is 19.2. The number of hydrazone groups is 1. The summed E-state index contributed by atoms with van der Waals surface area (Å²) in [6.07, 6.45) is 0. The van der Waals surface area contributed by atoms with E-state index in [4.69, 9.17) is 0 Å². The summed E-state index contributed by atoms with van der Waals surface area (Å²) in [5.41, 5.74) is 6.19. The molecule has 0 unspecified atom stereocenters. The Labute approximate surface area is 156 Å². The maximum absolute atomic E-state index is 12.2. The number of carbonyl (C=O) groups is 1. The third-order valence-corrected chi connectivity index (χ3v) is 4.05. The summed E-state index contributed by atoms with van der Waals surface area (Å²) in [6.45, 7) is 1.78. The van der Waals surface area contributed by atoms with Gasteiger partial charge in [0, 0.05) is 17.7 Å². The van der Waals surface area contributed by atoms with E-state index in [0.717, 1.165) is 16.7 Å². The number of amides is 1. The Morgan fingerprint density at radius 1 is 0.889 bits per heavy atom. The highest BCUT2D eigenvalue weighted by atomic mass is 16.6. The van der Waals surface area contributed by atoms with Crippen molar-refractivity contribution in [3.63, 3.8) is 0 Å². The molecule has 1 N–H and O–H groups in total. The maximum atomic E-state index is 12.2. The number of non-ortho nitro benzene ring substituents is 1. The monoisotopic (exact) mass is 359 g/mol. The van der Waals surface area contributed by atoms with E-state index in [1.807, 2.05) is 54.6 Å². The zero-order valence-corrected chi connectivity index (χ0v) is 14.6. The lowest BCUT2D eigenvalue weighted by atomic mass is 10.0. The Hall–Kier alpha value is -3.80. The lowest BCUT2D eigenvalue weighted by Crippen LogP contribution is -2.19. The van der Waals surface area contributed by atoms with Gasteiger partial charge in [0.05, 0.1) is 10.6 Å². The topological polar surface area (TPSA) is 84.6 Å². The van der Waals surface area contributed by atoms with Crippen molar-refractivity contribution in [3.8, 4) is 11.1 Å². The summed E-state index contributed by atoms with van der Waals surface area (Å²) in [6, 6.07) is 23.4. The number of carbonyl (C=O) groups excluding carboxylic acids is 1. The number of nitrogens with zero attached hydrogens (tertiary/aromatic N) is 2. The molecular formula is C21H17N3O3. The van der Waals surface area contributed by atoms with Gasteiger partial charge < -0.3 is 0 Å². The first-order valence-electron chi connectivity index (χ1n) is 8.29. The predicted molar refractivity (Wildman–Crippen MR) is 105 cm³/mol. The molecule has 134 valence electrons. The van der Waals surface area contributed by atoms with Crippen molar-refractivity contribution in [1.82, 2.24) is 5.43 Å². The molecule has 3 aromatic carbocycles. The summed E-state index contributed by atoms with van der Waals surface area (Å²) in [5.74, 6) is -0.501. The lowest BCUT2D eigenvalue weighted by molar-refractivity contribution is -0.384. The molecule has 0 bridgehead atoms. The quantitative estimate of drug-likeness (QED) is 0.416. The normalized spacial score (nSPS) is 11.1. The van der Waals surface area contributed by atoms with Gasteiger partial charge in [-0.25, -0.2) is 5.43 Å².